The predicted octanol–water partition coefficient (Wildman–Crippen LogP) is 3.35. The molecular formula is C25H37N4O3+. The summed E-state index contributed by atoms with van der Waals surface area (Å²) in [5.74, 6) is 2.29. The molecule has 2 atom stereocenters. The van der Waals surface area contributed by atoms with E-state index in [-0.39, 0.29) is 40.6 Å². The maximum absolute atomic E-state index is 12.2. The Morgan fingerprint density at radius 1 is 1.22 bits per heavy atom. The van der Waals surface area contributed by atoms with Crippen molar-refractivity contribution in [3.63, 3.8) is 0 Å². The van der Waals surface area contributed by atoms with Crippen LogP contribution in [0.5, 0.6) is 5.75 Å². The number of aryl methyl sites for hydroxylation is 2. The van der Waals surface area contributed by atoms with E-state index in [0.29, 0.717) is 11.6 Å². The molecule has 7 heteroatoms. The highest BCUT2D eigenvalue weighted by atomic mass is 16.3. The van der Waals surface area contributed by atoms with Crippen molar-refractivity contribution in [2.24, 2.45) is 22.6 Å². The molecule has 0 radical (unpaired) electrons. The highest BCUT2D eigenvalue weighted by Crippen LogP contribution is 2.34. The van der Waals surface area contributed by atoms with E-state index in [0.717, 1.165) is 29.9 Å². The smallest absolute Gasteiger partial charge is 0.257 e. The molecule has 1 aromatic heterocycles. The summed E-state index contributed by atoms with van der Waals surface area (Å²) in [5.41, 5.74) is 8.17. The molecule has 7 nitrogen and oxygen atoms in total. The lowest BCUT2D eigenvalue weighted by atomic mass is 9.85. The van der Waals surface area contributed by atoms with Gasteiger partial charge in [-0.2, -0.15) is 0 Å². The number of carbonyl (C=O) groups excluding carboxylic acids is 1. The van der Waals surface area contributed by atoms with Crippen LogP contribution >= 0.6 is 0 Å². The van der Waals surface area contributed by atoms with E-state index in [1.807, 2.05) is 13.8 Å². The zero-order valence-corrected chi connectivity index (χ0v) is 20.3. The second kappa shape index (κ2) is 10.5. The largest absolute Gasteiger partial charge is 0.505 e. The number of aliphatic imine (C=N–C) groups is 1. The van der Waals surface area contributed by atoms with Gasteiger partial charge < -0.3 is 20.2 Å². The number of aromatic hydroxyl groups is 1. The highest BCUT2D eigenvalue weighted by Gasteiger charge is 2.25. The molecule has 2 rings (SSSR count). The van der Waals surface area contributed by atoms with Crippen LogP contribution in [0.2, 0.25) is 0 Å². The maximum atomic E-state index is 12.2. The van der Waals surface area contributed by atoms with Crippen LogP contribution in [-0.4, -0.2) is 41.6 Å². The minimum atomic E-state index is -0.313. The van der Waals surface area contributed by atoms with Crippen molar-refractivity contribution in [1.82, 2.24) is 4.90 Å². The fraction of sp³-hybridized carbons (Fsp3) is 0.480. The lowest BCUT2D eigenvalue weighted by molar-refractivity contribution is -0.116. The molecule has 1 aromatic carbocycles. The van der Waals surface area contributed by atoms with Crippen molar-refractivity contribution >= 4 is 23.1 Å². The van der Waals surface area contributed by atoms with Crippen LogP contribution in [0.1, 0.15) is 67.0 Å². The van der Waals surface area contributed by atoms with E-state index < -0.39 is 0 Å². The summed E-state index contributed by atoms with van der Waals surface area (Å²) in [4.78, 5) is 17.9. The molecule has 32 heavy (non-hydrogen) atoms. The molecular weight excluding hydrogens is 404 g/mol. The molecule has 1 amide bonds. The van der Waals surface area contributed by atoms with Gasteiger partial charge in [-0.25, -0.2) is 4.99 Å². The summed E-state index contributed by atoms with van der Waals surface area (Å²) in [5, 5.41) is 16.8. The third kappa shape index (κ3) is 5.78. The normalized spacial score (nSPS) is 13.8. The van der Waals surface area contributed by atoms with Gasteiger partial charge in [-0.1, -0.05) is 26.8 Å². The Morgan fingerprint density at radius 3 is 2.41 bits per heavy atom. The average molecular weight is 442 g/mol. The zero-order chi connectivity index (χ0) is 24.2. The van der Waals surface area contributed by atoms with E-state index in [4.69, 9.17) is 15.6 Å². The number of phenols is 1. The molecule has 5 N–H and O–H groups in total. The van der Waals surface area contributed by atoms with Crippen LogP contribution in [0.25, 0.3) is 0 Å². The highest BCUT2D eigenvalue weighted by molar-refractivity contribution is 6.39. The first kappa shape index (κ1) is 25.2. The SMILES string of the molecule is Cc1cc([C@H](CCC(C)C(=[NH2+])C(N)=Nc2cccc(C(=O)N(C)C)c2O)C(C)C)oc1C. The Kier molecular flexibility index (Phi) is 8.25. The van der Waals surface area contributed by atoms with Crippen LogP contribution in [0.4, 0.5) is 5.69 Å². The number of nitrogens with zero attached hydrogens (tertiary/aromatic N) is 2. The van der Waals surface area contributed by atoms with Gasteiger partial charge in [-0.15, -0.1) is 0 Å². The molecule has 0 aliphatic heterocycles. The van der Waals surface area contributed by atoms with Gasteiger partial charge in [0.1, 0.15) is 17.2 Å². The van der Waals surface area contributed by atoms with Gasteiger partial charge in [0, 0.05) is 25.9 Å². The number of nitrogens with two attached hydrogens (primary N) is 2. The summed E-state index contributed by atoms with van der Waals surface area (Å²) in [6.07, 6.45) is 1.71. The lowest BCUT2D eigenvalue weighted by Gasteiger charge is -2.20. The second-order valence-electron chi connectivity index (χ2n) is 9.04. The minimum Gasteiger partial charge on any atom is -0.505 e. The fourth-order valence-corrected chi connectivity index (χ4v) is 3.66. The molecule has 174 valence electrons. The summed E-state index contributed by atoms with van der Waals surface area (Å²) < 4.78 is 5.97. The van der Waals surface area contributed by atoms with Crippen LogP contribution in [-0.2, 0) is 0 Å². The Balaban J connectivity index is 2.14. The summed E-state index contributed by atoms with van der Waals surface area (Å²) in [7, 11) is 3.24. The van der Waals surface area contributed by atoms with E-state index in [2.05, 4.69) is 31.8 Å². The molecule has 0 bridgehead atoms. The van der Waals surface area contributed by atoms with E-state index in [1.165, 1.54) is 4.90 Å². The summed E-state index contributed by atoms with van der Waals surface area (Å²) >= 11 is 0. The van der Waals surface area contributed by atoms with Crippen LogP contribution < -0.4 is 11.1 Å². The summed E-state index contributed by atoms with van der Waals surface area (Å²) in [6.45, 7) is 10.4. The number of benzene rings is 1. The quantitative estimate of drug-likeness (QED) is 0.408. The number of hydrogen-bond donors (Lipinski definition) is 3. The second-order valence-corrected chi connectivity index (χ2v) is 9.04. The van der Waals surface area contributed by atoms with Gasteiger partial charge in [0.15, 0.2) is 11.6 Å². The number of carbonyl (C=O) groups is 1. The number of rotatable bonds is 9. The molecule has 2 aromatic rings. The summed E-state index contributed by atoms with van der Waals surface area (Å²) in [6, 6.07) is 6.93. The van der Waals surface area contributed by atoms with Crippen molar-refractivity contribution < 1.29 is 19.7 Å². The molecule has 0 aliphatic carbocycles. The fourth-order valence-electron chi connectivity index (χ4n) is 3.66. The zero-order valence-electron chi connectivity index (χ0n) is 20.3. The van der Waals surface area contributed by atoms with E-state index in [1.54, 1.807) is 32.3 Å². The first-order valence-corrected chi connectivity index (χ1v) is 11.0. The Labute approximate surface area is 190 Å². The third-order valence-corrected chi connectivity index (χ3v) is 5.98. The number of amides is 1. The van der Waals surface area contributed by atoms with Gasteiger partial charge in [0.25, 0.3) is 5.91 Å². The number of furan rings is 1. The Morgan fingerprint density at radius 2 is 1.88 bits per heavy atom. The van der Waals surface area contributed by atoms with Gasteiger partial charge in [0.05, 0.1) is 5.56 Å². The lowest BCUT2D eigenvalue weighted by Crippen LogP contribution is -2.51. The predicted molar refractivity (Wildman–Crippen MR) is 128 cm³/mol. The van der Waals surface area contributed by atoms with Crippen molar-refractivity contribution in [3.05, 3.63) is 46.9 Å². The Bertz CT molecular complexity index is 985. The molecule has 0 spiro atoms. The number of amidine groups is 1. The van der Waals surface area contributed by atoms with E-state index >= 15 is 0 Å². The molecule has 0 fully saturated rings. The molecule has 0 aliphatic rings. The first-order valence-electron chi connectivity index (χ1n) is 11.0. The van der Waals surface area contributed by atoms with Crippen molar-refractivity contribution in [1.29, 1.82) is 0 Å². The van der Waals surface area contributed by atoms with Crippen molar-refractivity contribution in [2.45, 2.75) is 53.4 Å². The average Bonchev–Trinajstić information content (AvgIpc) is 3.05. The van der Waals surface area contributed by atoms with Gasteiger partial charge >= 0.3 is 0 Å². The van der Waals surface area contributed by atoms with Crippen LogP contribution in [0, 0.1) is 25.7 Å². The Hall–Kier alpha value is -3.09. The molecule has 1 unspecified atom stereocenters. The van der Waals surface area contributed by atoms with Gasteiger partial charge in [0.2, 0.25) is 5.71 Å². The maximum Gasteiger partial charge on any atom is 0.257 e. The van der Waals surface area contributed by atoms with E-state index in [9.17, 15) is 9.90 Å². The van der Waals surface area contributed by atoms with Crippen molar-refractivity contribution in [3.8, 4) is 5.75 Å². The van der Waals surface area contributed by atoms with Crippen LogP contribution in [0.15, 0.2) is 33.7 Å². The first-order chi connectivity index (χ1) is 14.9. The molecule has 0 saturated heterocycles. The van der Waals surface area contributed by atoms with Gasteiger partial charge in [-0.3, -0.25) is 10.2 Å². The number of phenolic OH excluding ortho intramolecular Hbond substituents is 1. The van der Waals surface area contributed by atoms with Gasteiger partial charge in [-0.05, 0) is 56.4 Å². The number of para-hydroxylation sites is 1. The topological polar surface area (TPSA) is 118 Å². The molecule has 0 saturated carbocycles. The van der Waals surface area contributed by atoms with Crippen LogP contribution in [0.3, 0.4) is 0 Å². The third-order valence-electron chi connectivity index (χ3n) is 5.98. The standard InChI is InChI=1S/C25H36N4O3/c1-14(2)18(21-13-16(4)17(5)32-21)12-11-15(3)22(26)24(27)28-20-10-8-9-19(23(20)30)25(31)29(6)7/h8-10,13-15,18,26,30H,11-12H2,1-7H3,(H2,27,28)/p+1/t15?,18-/m1/s1. The monoisotopic (exact) mass is 441 g/mol. The molecule has 1 heterocycles. The van der Waals surface area contributed by atoms with Crippen molar-refractivity contribution in [2.75, 3.05) is 14.1 Å². The minimum absolute atomic E-state index is 0.00844. The number of hydrogen-bond acceptors (Lipinski definition) is 4.